The van der Waals surface area contributed by atoms with E-state index in [1.165, 1.54) is 0 Å². The lowest BCUT2D eigenvalue weighted by atomic mass is 10.2. The quantitative estimate of drug-likeness (QED) is 0.879. The van der Waals surface area contributed by atoms with Gasteiger partial charge in [0.1, 0.15) is 0 Å². The van der Waals surface area contributed by atoms with Gasteiger partial charge in [-0.3, -0.25) is 0 Å². The Hall–Kier alpha value is -1.52. The average Bonchev–Trinajstić information content (AvgIpc) is 2.64. The van der Waals surface area contributed by atoms with Crippen LogP contribution in [0.1, 0.15) is 16.8 Å². The summed E-state index contributed by atoms with van der Waals surface area (Å²) in [6.45, 7) is 0.642. The van der Waals surface area contributed by atoms with Crippen molar-refractivity contribution in [2.75, 3.05) is 6.61 Å². The first-order chi connectivity index (χ1) is 8.13. The van der Waals surface area contributed by atoms with Gasteiger partial charge in [0.2, 0.25) is 0 Å². The van der Waals surface area contributed by atoms with Crippen LogP contribution in [0.4, 0.5) is 0 Å². The molecule has 0 saturated heterocycles. The third-order valence-electron chi connectivity index (χ3n) is 2.63. The van der Waals surface area contributed by atoms with Gasteiger partial charge < -0.3 is 14.8 Å². The van der Waals surface area contributed by atoms with E-state index < -0.39 is 5.97 Å². The summed E-state index contributed by atoms with van der Waals surface area (Å²) in [6.07, 6.45) is 2.16. The second kappa shape index (κ2) is 4.77. The largest absolute Gasteiger partial charge is 0.478 e. The van der Waals surface area contributed by atoms with Crippen LogP contribution in [0.5, 0.6) is 0 Å². The summed E-state index contributed by atoms with van der Waals surface area (Å²) < 4.78 is 1.81. The van der Waals surface area contributed by atoms with Crippen LogP contribution >= 0.6 is 11.6 Å². The Bertz CT molecular complexity index is 562. The number of aliphatic hydroxyl groups excluding tert-OH is 1. The molecule has 0 spiro atoms. The van der Waals surface area contributed by atoms with Crippen LogP contribution in [0, 0.1) is 0 Å². The van der Waals surface area contributed by atoms with Gasteiger partial charge >= 0.3 is 5.97 Å². The van der Waals surface area contributed by atoms with Crippen molar-refractivity contribution in [3.63, 3.8) is 0 Å². The maximum atomic E-state index is 11.1. The second-order valence-electron chi connectivity index (χ2n) is 3.78. The van der Waals surface area contributed by atoms with E-state index in [9.17, 15) is 4.79 Å². The van der Waals surface area contributed by atoms with Gasteiger partial charge in [0.15, 0.2) is 0 Å². The van der Waals surface area contributed by atoms with Gasteiger partial charge in [-0.25, -0.2) is 4.79 Å². The number of carboxylic acids is 1. The third kappa shape index (κ3) is 2.28. The van der Waals surface area contributed by atoms with Crippen LogP contribution in [-0.4, -0.2) is 27.4 Å². The van der Waals surface area contributed by atoms with E-state index in [2.05, 4.69) is 0 Å². The highest BCUT2D eigenvalue weighted by molar-refractivity contribution is 6.31. The number of benzene rings is 1. The van der Waals surface area contributed by atoms with E-state index in [1.54, 1.807) is 29.0 Å². The van der Waals surface area contributed by atoms with Crippen molar-refractivity contribution in [1.29, 1.82) is 0 Å². The lowest BCUT2D eigenvalue weighted by Crippen LogP contribution is -1.99. The molecule has 0 aliphatic heterocycles. The fourth-order valence-corrected chi connectivity index (χ4v) is 2.03. The van der Waals surface area contributed by atoms with Crippen LogP contribution in [-0.2, 0) is 6.54 Å². The molecule has 0 bridgehead atoms. The monoisotopic (exact) mass is 253 g/mol. The summed E-state index contributed by atoms with van der Waals surface area (Å²) in [6, 6.07) is 5.12. The molecule has 1 heterocycles. The van der Waals surface area contributed by atoms with E-state index in [0.29, 0.717) is 23.4 Å². The van der Waals surface area contributed by atoms with Crippen LogP contribution in [0.15, 0.2) is 24.4 Å². The van der Waals surface area contributed by atoms with Crippen LogP contribution in [0.25, 0.3) is 10.9 Å². The summed E-state index contributed by atoms with van der Waals surface area (Å²) in [5.74, 6) is -0.958. The Kier molecular flexibility index (Phi) is 3.36. The molecule has 0 amide bonds. The van der Waals surface area contributed by atoms with Crippen molar-refractivity contribution in [3.05, 3.63) is 35.0 Å². The number of hydrogen-bond donors (Lipinski definition) is 2. The average molecular weight is 254 g/mol. The molecule has 17 heavy (non-hydrogen) atoms. The Balaban J connectivity index is 2.58. The SMILES string of the molecule is O=C(O)c1cn(CCCO)c2cc(Cl)ccc12. The van der Waals surface area contributed by atoms with Crippen LogP contribution < -0.4 is 0 Å². The topological polar surface area (TPSA) is 62.5 Å². The second-order valence-corrected chi connectivity index (χ2v) is 4.22. The fourth-order valence-electron chi connectivity index (χ4n) is 1.86. The number of carboxylic acid groups (broad SMARTS) is 1. The van der Waals surface area contributed by atoms with Gasteiger partial charge in [-0.1, -0.05) is 17.7 Å². The molecule has 1 aromatic heterocycles. The minimum atomic E-state index is -0.958. The Morgan fingerprint density at radius 1 is 1.41 bits per heavy atom. The first-order valence-electron chi connectivity index (χ1n) is 5.26. The Morgan fingerprint density at radius 3 is 2.82 bits per heavy atom. The van der Waals surface area contributed by atoms with Gasteiger partial charge in [-0.05, 0) is 18.6 Å². The summed E-state index contributed by atoms with van der Waals surface area (Å²) in [5, 5.41) is 19.1. The molecule has 2 rings (SSSR count). The third-order valence-corrected chi connectivity index (χ3v) is 2.87. The molecule has 0 aliphatic rings. The van der Waals surface area contributed by atoms with E-state index in [1.807, 2.05) is 0 Å². The van der Waals surface area contributed by atoms with Gasteiger partial charge in [0, 0.05) is 29.8 Å². The standard InChI is InChI=1S/C12H12ClNO3/c13-8-2-3-9-10(12(16)17)7-14(4-1-5-15)11(9)6-8/h2-3,6-7,15H,1,4-5H2,(H,16,17). The highest BCUT2D eigenvalue weighted by Gasteiger charge is 2.13. The maximum absolute atomic E-state index is 11.1. The highest BCUT2D eigenvalue weighted by Crippen LogP contribution is 2.25. The highest BCUT2D eigenvalue weighted by atomic mass is 35.5. The molecule has 0 aliphatic carbocycles. The Labute approximate surface area is 103 Å². The molecule has 4 nitrogen and oxygen atoms in total. The number of aryl methyl sites for hydroxylation is 1. The number of rotatable bonds is 4. The molecule has 2 aromatic rings. The van der Waals surface area contributed by atoms with Gasteiger partial charge in [-0.15, -0.1) is 0 Å². The number of aliphatic hydroxyl groups is 1. The molecule has 0 radical (unpaired) electrons. The molecular formula is C12H12ClNO3. The molecule has 1 aromatic carbocycles. The first kappa shape index (κ1) is 12.0. The molecule has 0 fully saturated rings. The predicted molar refractivity (Wildman–Crippen MR) is 65.6 cm³/mol. The van der Waals surface area contributed by atoms with Crippen molar-refractivity contribution in [2.45, 2.75) is 13.0 Å². The fraction of sp³-hybridized carbons (Fsp3) is 0.250. The number of aromatic carboxylic acids is 1. The predicted octanol–water partition coefficient (Wildman–Crippen LogP) is 2.38. The van der Waals surface area contributed by atoms with Gasteiger partial charge in [-0.2, -0.15) is 0 Å². The minimum absolute atomic E-state index is 0.0721. The number of halogens is 1. The zero-order chi connectivity index (χ0) is 12.4. The summed E-state index contributed by atoms with van der Waals surface area (Å²) in [7, 11) is 0. The number of fused-ring (bicyclic) bond motifs is 1. The maximum Gasteiger partial charge on any atom is 0.337 e. The van der Waals surface area contributed by atoms with Crippen molar-refractivity contribution >= 4 is 28.5 Å². The number of hydrogen-bond acceptors (Lipinski definition) is 2. The molecular weight excluding hydrogens is 242 g/mol. The van der Waals surface area contributed by atoms with Crippen molar-refractivity contribution in [2.24, 2.45) is 0 Å². The zero-order valence-electron chi connectivity index (χ0n) is 9.06. The van der Waals surface area contributed by atoms with Crippen molar-refractivity contribution < 1.29 is 15.0 Å². The smallest absolute Gasteiger partial charge is 0.337 e. The molecule has 0 saturated carbocycles. The molecule has 90 valence electrons. The van der Waals surface area contributed by atoms with Crippen LogP contribution in [0.3, 0.4) is 0 Å². The molecule has 0 atom stereocenters. The molecule has 2 N–H and O–H groups in total. The van der Waals surface area contributed by atoms with Crippen molar-refractivity contribution in [3.8, 4) is 0 Å². The van der Waals surface area contributed by atoms with E-state index in [0.717, 1.165) is 5.52 Å². The lowest BCUT2D eigenvalue weighted by molar-refractivity contribution is 0.0699. The van der Waals surface area contributed by atoms with Crippen LogP contribution in [0.2, 0.25) is 5.02 Å². The Morgan fingerprint density at radius 2 is 2.18 bits per heavy atom. The summed E-state index contributed by atoms with van der Waals surface area (Å²) >= 11 is 5.90. The summed E-state index contributed by atoms with van der Waals surface area (Å²) in [5.41, 5.74) is 1.04. The van der Waals surface area contributed by atoms with E-state index in [-0.39, 0.29) is 12.2 Å². The van der Waals surface area contributed by atoms with Gasteiger partial charge in [0.05, 0.1) is 11.1 Å². The summed E-state index contributed by atoms with van der Waals surface area (Å²) in [4.78, 5) is 11.1. The van der Waals surface area contributed by atoms with E-state index >= 15 is 0 Å². The normalized spacial score (nSPS) is 10.9. The van der Waals surface area contributed by atoms with E-state index in [4.69, 9.17) is 21.8 Å². The molecule has 0 unspecified atom stereocenters. The molecule has 5 heteroatoms. The number of nitrogens with zero attached hydrogens (tertiary/aromatic N) is 1. The first-order valence-corrected chi connectivity index (χ1v) is 5.64. The number of aromatic nitrogens is 1. The van der Waals surface area contributed by atoms with Gasteiger partial charge in [0.25, 0.3) is 0 Å². The zero-order valence-corrected chi connectivity index (χ0v) is 9.81. The minimum Gasteiger partial charge on any atom is -0.478 e. The van der Waals surface area contributed by atoms with Crippen molar-refractivity contribution in [1.82, 2.24) is 4.57 Å². The number of carbonyl (C=O) groups is 1. The lowest BCUT2D eigenvalue weighted by Gasteiger charge is -2.03.